The lowest BCUT2D eigenvalue weighted by Gasteiger charge is -2.31. The van der Waals surface area contributed by atoms with E-state index in [2.05, 4.69) is 18.0 Å². The highest BCUT2D eigenvalue weighted by Crippen LogP contribution is 2.44. The van der Waals surface area contributed by atoms with Crippen LogP contribution in [0.5, 0.6) is 11.5 Å². The van der Waals surface area contributed by atoms with Gasteiger partial charge in [0.1, 0.15) is 0 Å². The average molecular weight is 362 g/mol. The number of aryl methyl sites for hydroxylation is 2. The molecule has 0 fully saturated rings. The van der Waals surface area contributed by atoms with Crippen molar-refractivity contribution >= 4 is 11.3 Å². The molecule has 1 aliphatic rings. The van der Waals surface area contributed by atoms with Gasteiger partial charge in [-0.3, -0.25) is 0 Å². The van der Waals surface area contributed by atoms with Gasteiger partial charge >= 0.3 is 0 Å². The summed E-state index contributed by atoms with van der Waals surface area (Å²) in [6.07, 6.45) is 3.79. The largest absolute Gasteiger partial charge is 0.493 e. The Bertz CT molecular complexity index is 745. The minimum Gasteiger partial charge on any atom is -0.493 e. The second-order valence-corrected chi connectivity index (χ2v) is 7.53. The summed E-state index contributed by atoms with van der Waals surface area (Å²) < 4.78 is 10.9. The zero-order valence-electron chi connectivity index (χ0n) is 15.0. The molecule has 0 bridgehead atoms. The number of rotatable bonds is 6. The third-order valence-electron chi connectivity index (χ3n) is 4.82. The molecule has 1 heterocycles. The molecular formula is C19H26N2O3S. The van der Waals surface area contributed by atoms with Gasteiger partial charge in [0.25, 0.3) is 0 Å². The summed E-state index contributed by atoms with van der Waals surface area (Å²) in [5, 5.41) is 10.9. The van der Waals surface area contributed by atoms with Crippen molar-refractivity contribution in [1.82, 2.24) is 4.98 Å². The first-order chi connectivity index (χ1) is 12.1. The van der Waals surface area contributed by atoms with E-state index in [0.29, 0.717) is 5.75 Å². The lowest BCUT2D eigenvalue weighted by atomic mass is 9.78. The van der Waals surface area contributed by atoms with Crippen molar-refractivity contribution in [1.29, 1.82) is 0 Å². The van der Waals surface area contributed by atoms with Crippen LogP contribution < -0.4 is 15.2 Å². The number of aromatic nitrogens is 1. The normalized spacial score (nSPS) is 19.6. The van der Waals surface area contributed by atoms with Crippen LogP contribution in [0.1, 0.15) is 52.4 Å². The molecule has 1 aromatic heterocycles. The molecule has 136 valence electrons. The third kappa shape index (κ3) is 3.38. The highest BCUT2D eigenvalue weighted by Gasteiger charge is 2.33. The van der Waals surface area contributed by atoms with Crippen LogP contribution in [0, 0.1) is 0 Å². The van der Waals surface area contributed by atoms with Gasteiger partial charge in [0, 0.05) is 16.8 Å². The number of benzene rings is 1. The number of aliphatic hydroxyl groups is 1. The average Bonchev–Trinajstić information content (AvgIpc) is 3.03. The first-order valence-corrected chi connectivity index (χ1v) is 9.54. The number of hydrogen-bond acceptors (Lipinski definition) is 6. The van der Waals surface area contributed by atoms with Crippen molar-refractivity contribution in [2.75, 3.05) is 14.2 Å². The molecule has 0 saturated carbocycles. The summed E-state index contributed by atoms with van der Waals surface area (Å²) in [5.41, 5.74) is 9.68. The van der Waals surface area contributed by atoms with Gasteiger partial charge in [0.15, 0.2) is 11.5 Å². The SMILES string of the molecule is CCCc1nc(CO)c(C2c3cc(OC)c(OC)cc3CCC2N)s1. The number of nitrogens with two attached hydrogens (primary N) is 1. The maximum absolute atomic E-state index is 9.81. The van der Waals surface area contributed by atoms with E-state index in [4.69, 9.17) is 15.2 Å². The van der Waals surface area contributed by atoms with Crippen LogP contribution in [0.4, 0.5) is 0 Å². The second kappa shape index (κ2) is 7.72. The summed E-state index contributed by atoms with van der Waals surface area (Å²) in [6, 6.07) is 4.10. The Hall–Kier alpha value is -1.63. The van der Waals surface area contributed by atoms with Gasteiger partial charge in [-0.2, -0.15) is 0 Å². The van der Waals surface area contributed by atoms with E-state index < -0.39 is 0 Å². The van der Waals surface area contributed by atoms with E-state index in [9.17, 15) is 5.11 Å². The van der Waals surface area contributed by atoms with E-state index in [0.717, 1.165) is 52.6 Å². The van der Waals surface area contributed by atoms with E-state index >= 15 is 0 Å². The number of aliphatic hydroxyl groups excluding tert-OH is 1. The fourth-order valence-electron chi connectivity index (χ4n) is 3.59. The van der Waals surface area contributed by atoms with Crippen LogP contribution in [0.2, 0.25) is 0 Å². The molecule has 0 aliphatic heterocycles. The molecular weight excluding hydrogens is 336 g/mol. The lowest BCUT2D eigenvalue weighted by molar-refractivity contribution is 0.275. The second-order valence-electron chi connectivity index (χ2n) is 6.41. The number of hydrogen-bond donors (Lipinski definition) is 2. The topological polar surface area (TPSA) is 77.6 Å². The molecule has 0 radical (unpaired) electrons. The molecule has 25 heavy (non-hydrogen) atoms. The molecule has 2 unspecified atom stereocenters. The van der Waals surface area contributed by atoms with Crippen molar-refractivity contribution in [3.05, 3.63) is 38.8 Å². The predicted octanol–water partition coefficient (Wildman–Crippen LogP) is 3.01. The molecule has 1 aliphatic carbocycles. The minimum atomic E-state index is -0.0542. The summed E-state index contributed by atoms with van der Waals surface area (Å²) >= 11 is 1.68. The highest BCUT2D eigenvalue weighted by molar-refractivity contribution is 7.11. The Morgan fingerprint density at radius 1 is 1.28 bits per heavy atom. The monoisotopic (exact) mass is 362 g/mol. The fraction of sp³-hybridized carbons (Fsp3) is 0.526. The van der Waals surface area contributed by atoms with Crippen LogP contribution in [0.15, 0.2) is 12.1 Å². The Kier molecular flexibility index (Phi) is 5.61. The molecule has 0 saturated heterocycles. The first kappa shape index (κ1) is 18.2. The Balaban J connectivity index is 2.11. The zero-order valence-corrected chi connectivity index (χ0v) is 15.9. The Labute approximate surface area is 152 Å². The highest BCUT2D eigenvalue weighted by atomic mass is 32.1. The lowest BCUT2D eigenvalue weighted by Crippen LogP contribution is -2.34. The van der Waals surface area contributed by atoms with Gasteiger partial charge in [0.2, 0.25) is 0 Å². The van der Waals surface area contributed by atoms with Gasteiger partial charge in [-0.25, -0.2) is 4.98 Å². The molecule has 2 atom stereocenters. The van der Waals surface area contributed by atoms with Crippen molar-refractivity contribution in [2.45, 2.75) is 51.2 Å². The van der Waals surface area contributed by atoms with Crippen LogP contribution in [-0.4, -0.2) is 30.4 Å². The van der Waals surface area contributed by atoms with Crippen molar-refractivity contribution in [3.63, 3.8) is 0 Å². The first-order valence-electron chi connectivity index (χ1n) is 8.72. The summed E-state index contributed by atoms with van der Waals surface area (Å²) in [4.78, 5) is 5.72. The van der Waals surface area contributed by atoms with Crippen LogP contribution in [0.3, 0.4) is 0 Å². The van der Waals surface area contributed by atoms with Gasteiger partial charge in [-0.15, -0.1) is 11.3 Å². The Morgan fingerprint density at radius 3 is 2.64 bits per heavy atom. The van der Waals surface area contributed by atoms with Crippen LogP contribution in [-0.2, 0) is 19.4 Å². The molecule has 0 amide bonds. The van der Waals surface area contributed by atoms with Gasteiger partial charge < -0.3 is 20.3 Å². The third-order valence-corrected chi connectivity index (χ3v) is 6.06. The van der Waals surface area contributed by atoms with Gasteiger partial charge in [-0.1, -0.05) is 6.92 Å². The summed E-state index contributed by atoms with van der Waals surface area (Å²) in [7, 11) is 3.30. The van der Waals surface area contributed by atoms with Crippen molar-refractivity contribution in [2.24, 2.45) is 5.73 Å². The minimum absolute atomic E-state index is 0.00540. The quantitative estimate of drug-likeness (QED) is 0.826. The maximum Gasteiger partial charge on any atom is 0.161 e. The van der Waals surface area contributed by atoms with E-state index in [1.54, 1.807) is 25.6 Å². The Morgan fingerprint density at radius 2 is 2.00 bits per heavy atom. The van der Waals surface area contributed by atoms with Crippen molar-refractivity contribution < 1.29 is 14.6 Å². The number of nitrogens with zero attached hydrogens (tertiary/aromatic N) is 1. The number of fused-ring (bicyclic) bond motifs is 1. The molecule has 1 aromatic carbocycles. The van der Waals surface area contributed by atoms with E-state index in [1.165, 1.54) is 5.56 Å². The van der Waals surface area contributed by atoms with E-state index in [1.807, 2.05) is 6.07 Å². The molecule has 6 heteroatoms. The molecule has 3 rings (SSSR count). The van der Waals surface area contributed by atoms with Gasteiger partial charge in [-0.05, 0) is 48.9 Å². The standard InChI is InChI=1S/C19H26N2O3S/c1-4-5-17-21-14(10-22)19(25-17)18-12-9-16(24-3)15(23-2)8-11(12)6-7-13(18)20/h8-9,13,18,22H,4-7,10,20H2,1-3H3. The summed E-state index contributed by atoms with van der Waals surface area (Å²) in [5.74, 6) is 1.49. The smallest absolute Gasteiger partial charge is 0.161 e. The van der Waals surface area contributed by atoms with Gasteiger partial charge in [0.05, 0.1) is 31.5 Å². The molecule has 3 N–H and O–H groups in total. The predicted molar refractivity (Wildman–Crippen MR) is 99.7 cm³/mol. The summed E-state index contributed by atoms with van der Waals surface area (Å²) in [6.45, 7) is 2.08. The van der Waals surface area contributed by atoms with E-state index in [-0.39, 0.29) is 18.6 Å². The van der Waals surface area contributed by atoms with Crippen LogP contribution in [0.25, 0.3) is 0 Å². The van der Waals surface area contributed by atoms with Crippen LogP contribution >= 0.6 is 11.3 Å². The molecule has 0 spiro atoms. The molecule has 2 aromatic rings. The fourth-order valence-corrected chi connectivity index (χ4v) is 4.96. The zero-order chi connectivity index (χ0) is 18.0. The molecule has 5 nitrogen and oxygen atoms in total. The number of methoxy groups -OCH3 is 2. The maximum atomic E-state index is 9.81. The van der Waals surface area contributed by atoms with Crippen molar-refractivity contribution in [3.8, 4) is 11.5 Å². The number of thiazole rings is 1. The number of ether oxygens (including phenoxy) is 2.